The minimum atomic E-state index is -0.638. The first-order valence-corrected chi connectivity index (χ1v) is 6.57. The van der Waals surface area contributed by atoms with E-state index >= 15 is 0 Å². The van der Waals surface area contributed by atoms with Crippen molar-refractivity contribution in [3.05, 3.63) is 28.0 Å². The van der Waals surface area contributed by atoms with Gasteiger partial charge in [0.05, 0.1) is 0 Å². The van der Waals surface area contributed by atoms with Crippen molar-refractivity contribution < 1.29 is 9.50 Å². The van der Waals surface area contributed by atoms with E-state index in [0.717, 1.165) is 38.3 Å². The molecule has 0 bridgehead atoms. The van der Waals surface area contributed by atoms with Gasteiger partial charge in [0.2, 0.25) is 0 Å². The summed E-state index contributed by atoms with van der Waals surface area (Å²) in [4.78, 5) is 2.30. The molecule has 1 aromatic rings. The van der Waals surface area contributed by atoms with Crippen molar-refractivity contribution in [3.8, 4) is 5.75 Å². The highest BCUT2D eigenvalue weighted by Gasteiger charge is 2.16. The molecule has 1 heterocycles. The normalized spacial score (nSPS) is 17.1. The lowest BCUT2D eigenvalue weighted by atomic mass is 10.0. The molecule has 2 N–H and O–H groups in total. The minimum absolute atomic E-state index is 0.257. The van der Waals surface area contributed by atoms with Crippen LogP contribution in [0.1, 0.15) is 11.1 Å². The van der Waals surface area contributed by atoms with Crippen LogP contribution in [0.25, 0.3) is 0 Å². The average molecular weight is 273 g/mol. The van der Waals surface area contributed by atoms with E-state index in [4.69, 9.17) is 11.6 Å². The Bertz CT molecular complexity index is 407. The van der Waals surface area contributed by atoms with E-state index in [1.54, 1.807) is 0 Å². The van der Waals surface area contributed by atoms with Gasteiger partial charge in [-0.1, -0.05) is 11.6 Å². The molecular weight excluding hydrogens is 255 g/mol. The summed E-state index contributed by atoms with van der Waals surface area (Å²) in [6.45, 7) is 6.57. The quantitative estimate of drug-likeness (QED) is 0.883. The summed E-state index contributed by atoms with van der Waals surface area (Å²) in [5, 5.41) is 13.4. The standard InChI is InChI=1S/C13H18ClFN2O/c1-9-10(13(18)12(15)8-11(9)14)2-5-17-6-3-16-4-7-17/h8,16,18H,2-7H2,1H3. The average Bonchev–Trinajstić information content (AvgIpc) is 2.38. The molecule has 0 unspecified atom stereocenters. The Balaban J connectivity index is 2.08. The van der Waals surface area contributed by atoms with E-state index in [1.807, 2.05) is 6.92 Å². The smallest absolute Gasteiger partial charge is 0.166 e. The van der Waals surface area contributed by atoms with Crippen molar-refractivity contribution in [2.75, 3.05) is 32.7 Å². The summed E-state index contributed by atoms with van der Waals surface area (Å²) < 4.78 is 13.4. The molecule has 1 aliphatic rings. The predicted octanol–water partition coefficient (Wildman–Crippen LogP) is 1.94. The van der Waals surface area contributed by atoms with E-state index in [0.29, 0.717) is 17.0 Å². The van der Waals surface area contributed by atoms with Crippen LogP contribution in [0.4, 0.5) is 4.39 Å². The lowest BCUT2D eigenvalue weighted by Crippen LogP contribution is -2.44. The van der Waals surface area contributed by atoms with Crippen molar-refractivity contribution in [1.82, 2.24) is 10.2 Å². The molecule has 0 aliphatic carbocycles. The molecule has 1 aromatic carbocycles. The number of halogens is 2. The summed E-state index contributed by atoms with van der Waals surface area (Å²) in [5.41, 5.74) is 1.39. The Morgan fingerprint density at radius 1 is 1.44 bits per heavy atom. The van der Waals surface area contributed by atoms with Gasteiger partial charge >= 0.3 is 0 Å². The van der Waals surface area contributed by atoms with E-state index in [-0.39, 0.29) is 5.75 Å². The zero-order valence-corrected chi connectivity index (χ0v) is 11.2. The fraction of sp³-hybridized carbons (Fsp3) is 0.538. The summed E-state index contributed by atoms with van der Waals surface area (Å²) in [6.07, 6.45) is 0.620. The Morgan fingerprint density at radius 2 is 2.11 bits per heavy atom. The highest BCUT2D eigenvalue weighted by molar-refractivity contribution is 6.31. The Morgan fingerprint density at radius 3 is 2.78 bits per heavy atom. The van der Waals surface area contributed by atoms with Crippen LogP contribution in [0.15, 0.2) is 6.07 Å². The van der Waals surface area contributed by atoms with Gasteiger partial charge in [-0.25, -0.2) is 4.39 Å². The molecule has 5 heteroatoms. The fourth-order valence-electron chi connectivity index (χ4n) is 2.26. The van der Waals surface area contributed by atoms with Crippen LogP contribution in [-0.4, -0.2) is 42.7 Å². The maximum absolute atomic E-state index is 13.4. The molecule has 3 nitrogen and oxygen atoms in total. The van der Waals surface area contributed by atoms with Crippen LogP contribution in [-0.2, 0) is 6.42 Å². The molecule has 0 aromatic heterocycles. The monoisotopic (exact) mass is 272 g/mol. The maximum atomic E-state index is 13.4. The highest BCUT2D eigenvalue weighted by Crippen LogP contribution is 2.30. The molecule has 1 saturated heterocycles. The molecule has 1 aliphatic heterocycles. The summed E-state index contributed by atoms with van der Waals surface area (Å²) in [5.74, 6) is -0.895. The van der Waals surface area contributed by atoms with Crippen molar-refractivity contribution in [2.45, 2.75) is 13.3 Å². The molecule has 1 fully saturated rings. The second-order valence-corrected chi connectivity index (χ2v) is 5.04. The Kier molecular flexibility index (Phi) is 4.43. The molecule has 100 valence electrons. The first-order chi connectivity index (χ1) is 8.59. The van der Waals surface area contributed by atoms with Crippen molar-refractivity contribution in [1.29, 1.82) is 0 Å². The third-order valence-electron chi connectivity index (χ3n) is 3.46. The summed E-state index contributed by atoms with van der Waals surface area (Å²) in [7, 11) is 0. The van der Waals surface area contributed by atoms with Gasteiger partial charge in [0.1, 0.15) is 0 Å². The third kappa shape index (κ3) is 2.94. The van der Waals surface area contributed by atoms with Gasteiger partial charge in [-0.05, 0) is 25.0 Å². The largest absolute Gasteiger partial charge is 0.505 e. The lowest BCUT2D eigenvalue weighted by molar-refractivity contribution is 0.243. The van der Waals surface area contributed by atoms with Crippen molar-refractivity contribution >= 4 is 11.6 Å². The number of hydrogen-bond acceptors (Lipinski definition) is 3. The fourth-order valence-corrected chi connectivity index (χ4v) is 2.47. The van der Waals surface area contributed by atoms with Gasteiger partial charge in [0, 0.05) is 43.3 Å². The van der Waals surface area contributed by atoms with Crippen LogP contribution in [0.2, 0.25) is 5.02 Å². The zero-order valence-electron chi connectivity index (χ0n) is 10.5. The molecular formula is C13H18ClFN2O. The molecule has 2 rings (SSSR count). The van der Waals surface area contributed by atoms with E-state index in [1.165, 1.54) is 6.07 Å². The molecule has 0 spiro atoms. The first kappa shape index (κ1) is 13.6. The summed E-state index contributed by atoms with van der Waals surface area (Å²) >= 11 is 5.94. The van der Waals surface area contributed by atoms with Gasteiger partial charge in [0.25, 0.3) is 0 Å². The number of phenolic OH excluding ortho intramolecular Hbond substituents is 1. The maximum Gasteiger partial charge on any atom is 0.166 e. The second-order valence-electron chi connectivity index (χ2n) is 4.63. The van der Waals surface area contributed by atoms with Gasteiger partial charge in [-0.15, -0.1) is 0 Å². The van der Waals surface area contributed by atoms with E-state index in [2.05, 4.69) is 10.2 Å². The molecule has 0 saturated carbocycles. The van der Waals surface area contributed by atoms with E-state index in [9.17, 15) is 9.50 Å². The molecule has 18 heavy (non-hydrogen) atoms. The second kappa shape index (κ2) is 5.87. The van der Waals surface area contributed by atoms with Crippen LogP contribution >= 0.6 is 11.6 Å². The number of phenols is 1. The number of rotatable bonds is 3. The number of hydrogen-bond donors (Lipinski definition) is 2. The predicted molar refractivity (Wildman–Crippen MR) is 70.8 cm³/mol. The van der Waals surface area contributed by atoms with Crippen molar-refractivity contribution in [3.63, 3.8) is 0 Å². The summed E-state index contributed by atoms with van der Waals surface area (Å²) in [6, 6.07) is 1.17. The number of piperazine rings is 1. The topological polar surface area (TPSA) is 35.5 Å². The number of nitrogens with one attached hydrogen (secondary N) is 1. The van der Waals surface area contributed by atoms with Crippen LogP contribution in [0, 0.1) is 12.7 Å². The Hall–Kier alpha value is -0.840. The molecule has 0 atom stereocenters. The molecule has 0 radical (unpaired) electrons. The first-order valence-electron chi connectivity index (χ1n) is 6.19. The van der Waals surface area contributed by atoms with Crippen LogP contribution in [0.3, 0.4) is 0 Å². The van der Waals surface area contributed by atoms with Crippen LogP contribution < -0.4 is 5.32 Å². The SMILES string of the molecule is Cc1c(Cl)cc(F)c(O)c1CCN1CCNCC1. The minimum Gasteiger partial charge on any atom is -0.505 e. The van der Waals surface area contributed by atoms with Gasteiger partial charge in [0.15, 0.2) is 11.6 Å². The third-order valence-corrected chi connectivity index (χ3v) is 3.86. The van der Waals surface area contributed by atoms with Gasteiger partial charge in [-0.3, -0.25) is 0 Å². The highest BCUT2D eigenvalue weighted by atomic mass is 35.5. The van der Waals surface area contributed by atoms with E-state index < -0.39 is 5.82 Å². The lowest BCUT2D eigenvalue weighted by Gasteiger charge is -2.27. The molecule has 0 amide bonds. The Labute approximate surface area is 112 Å². The van der Waals surface area contributed by atoms with Crippen LogP contribution in [0.5, 0.6) is 5.75 Å². The van der Waals surface area contributed by atoms with Gasteiger partial charge < -0.3 is 15.3 Å². The number of nitrogens with zero attached hydrogens (tertiary/aromatic N) is 1. The van der Waals surface area contributed by atoms with Gasteiger partial charge in [-0.2, -0.15) is 0 Å². The van der Waals surface area contributed by atoms with Crippen molar-refractivity contribution in [2.24, 2.45) is 0 Å². The zero-order chi connectivity index (χ0) is 13.1. The number of benzene rings is 1. The number of aromatic hydroxyl groups is 1.